The topological polar surface area (TPSA) is 70.4 Å². The Morgan fingerprint density at radius 2 is 1.95 bits per heavy atom. The molecule has 1 saturated heterocycles. The molecule has 5 nitrogen and oxygen atoms in total. The first-order valence-corrected chi connectivity index (χ1v) is 7.33. The van der Waals surface area contributed by atoms with E-state index in [2.05, 4.69) is 22.5 Å². The lowest BCUT2D eigenvalue weighted by Gasteiger charge is -2.19. The molecule has 1 atom stereocenters. The normalized spacial score (nSPS) is 20.1. The Balaban J connectivity index is 1.88. The lowest BCUT2D eigenvalue weighted by Crippen LogP contribution is -2.26. The van der Waals surface area contributed by atoms with E-state index in [1.54, 1.807) is 0 Å². The van der Waals surface area contributed by atoms with Crippen LogP contribution in [0.4, 0.5) is 16.2 Å². The Bertz CT molecular complexity index is 432. The predicted octanol–water partition coefficient (Wildman–Crippen LogP) is 2.46. The fourth-order valence-electron chi connectivity index (χ4n) is 2.64. The van der Waals surface area contributed by atoms with E-state index in [1.807, 2.05) is 24.3 Å². The zero-order valence-corrected chi connectivity index (χ0v) is 12.1. The first-order valence-electron chi connectivity index (χ1n) is 7.33. The lowest BCUT2D eigenvalue weighted by atomic mass is 10.1. The van der Waals surface area contributed by atoms with Crippen LogP contribution in [0.1, 0.15) is 26.2 Å². The van der Waals surface area contributed by atoms with Crippen molar-refractivity contribution in [2.75, 3.05) is 30.3 Å². The molecule has 0 saturated carbocycles. The van der Waals surface area contributed by atoms with Crippen molar-refractivity contribution < 1.29 is 4.79 Å². The second-order valence-corrected chi connectivity index (χ2v) is 5.27. The minimum Gasteiger partial charge on any atom is -0.382 e. The van der Waals surface area contributed by atoms with Crippen molar-refractivity contribution >= 4 is 17.4 Å². The number of nitrogens with one attached hydrogen (secondary N) is 2. The van der Waals surface area contributed by atoms with Gasteiger partial charge in [0.2, 0.25) is 0 Å². The molecule has 0 aliphatic carbocycles. The van der Waals surface area contributed by atoms with E-state index in [-0.39, 0.29) is 0 Å². The molecule has 0 radical (unpaired) electrons. The third-order valence-electron chi connectivity index (χ3n) is 3.79. The molecule has 1 heterocycles. The third-order valence-corrected chi connectivity index (χ3v) is 3.79. The number of likely N-dealkylation sites (tertiary alicyclic amines) is 1. The number of urea groups is 1. The Labute approximate surface area is 120 Å². The number of carbonyl (C=O) groups excluding carboxylic acids is 1. The average molecular weight is 276 g/mol. The maximum atomic E-state index is 10.8. The second-order valence-electron chi connectivity index (χ2n) is 5.27. The molecule has 1 aliphatic rings. The molecule has 2 amide bonds. The number of hydrogen-bond donors (Lipinski definition) is 3. The summed E-state index contributed by atoms with van der Waals surface area (Å²) in [7, 11) is 0. The average Bonchev–Trinajstić information content (AvgIpc) is 2.65. The number of benzene rings is 1. The zero-order chi connectivity index (χ0) is 14.4. The maximum absolute atomic E-state index is 10.8. The number of primary amides is 1. The van der Waals surface area contributed by atoms with Crippen LogP contribution in [-0.2, 0) is 0 Å². The van der Waals surface area contributed by atoms with Crippen LogP contribution in [0.15, 0.2) is 24.3 Å². The van der Waals surface area contributed by atoms with Crippen LogP contribution < -0.4 is 16.4 Å². The summed E-state index contributed by atoms with van der Waals surface area (Å²) in [6, 6.07) is 7.68. The van der Waals surface area contributed by atoms with Crippen LogP contribution in [0.5, 0.6) is 0 Å². The second kappa shape index (κ2) is 7.14. The summed E-state index contributed by atoms with van der Waals surface area (Å²) < 4.78 is 0. The fourth-order valence-corrected chi connectivity index (χ4v) is 2.64. The molecule has 1 aromatic carbocycles. The number of nitrogens with zero attached hydrogens (tertiary/aromatic N) is 1. The first kappa shape index (κ1) is 14.7. The fraction of sp³-hybridized carbons (Fsp3) is 0.533. The van der Waals surface area contributed by atoms with Crippen molar-refractivity contribution in [3.8, 4) is 0 Å². The summed E-state index contributed by atoms with van der Waals surface area (Å²) in [5.74, 6) is 0. The monoisotopic (exact) mass is 276 g/mol. The molecule has 110 valence electrons. The third kappa shape index (κ3) is 4.42. The van der Waals surface area contributed by atoms with E-state index >= 15 is 0 Å². The highest BCUT2D eigenvalue weighted by molar-refractivity contribution is 5.87. The summed E-state index contributed by atoms with van der Waals surface area (Å²) in [6.45, 7) is 5.73. The highest BCUT2D eigenvalue weighted by atomic mass is 16.2. The first-order chi connectivity index (χ1) is 9.67. The molecule has 0 aromatic heterocycles. The summed E-state index contributed by atoms with van der Waals surface area (Å²) in [5.41, 5.74) is 6.90. The van der Waals surface area contributed by atoms with Gasteiger partial charge in [0.15, 0.2) is 0 Å². The minimum atomic E-state index is -0.533. The standard InChI is InChI=1S/C15H24N4O/c1-2-19-10-3-4-12(9-11-19)17-13-5-7-14(8-6-13)18-15(16)20/h5-8,12,17H,2-4,9-11H2,1H3,(H3,16,18,20). The van der Waals surface area contributed by atoms with Gasteiger partial charge < -0.3 is 21.3 Å². The van der Waals surface area contributed by atoms with E-state index in [1.165, 1.54) is 25.8 Å². The van der Waals surface area contributed by atoms with Gasteiger partial charge in [-0.3, -0.25) is 0 Å². The van der Waals surface area contributed by atoms with Crippen molar-refractivity contribution in [3.63, 3.8) is 0 Å². The van der Waals surface area contributed by atoms with Gasteiger partial charge in [0.05, 0.1) is 0 Å². The van der Waals surface area contributed by atoms with E-state index in [4.69, 9.17) is 5.73 Å². The number of anilines is 2. The zero-order valence-electron chi connectivity index (χ0n) is 12.1. The number of rotatable bonds is 4. The molecule has 1 aliphatic heterocycles. The molecule has 2 rings (SSSR count). The van der Waals surface area contributed by atoms with Gasteiger partial charge in [0, 0.05) is 24.0 Å². The molecule has 20 heavy (non-hydrogen) atoms. The lowest BCUT2D eigenvalue weighted by molar-refractivity contribution is 0.259. The van der Waals surface area contributed by atoms with Crippen molar-refractivity contribution in [2.24, 2.45) is 5.73 Å². The van der Waals surface area contributed by atoms with Gasteiger partial charge in [0.1, 0.15) is 0 Å². The van der Waals surface area contributed by atoms with Gasteiger partial charge in [-0.1, -0.05) is 6.92 Å². The van der Waals surface area contributed by atoms with Crippen LogP contribution in [0.3, 0.4) is 0 Å². The number of nitrogens with two attached hydrogens (primary N) is 1. The predicted molar refractivity (Wildman–Crippen MR) is 83.0 cm³/mol. The molecule has 5 heteroatoms. The smallest absolute Gasteiger partial charge is 0.316 e. The maximum Gasteiger partial charge on any atom is 0.316 e. The molecular formula is C15H24N4O. The van der Waals surface area contributed by atoms with Crippen LogP contribution in [-0.4, -0.2) is 36.6 Å². The minimum absolute atomic E-state index is 0.529. The molecule has 0 spiro atoms. The molecular weight excluding hydrogens is 252 g/mol. The SMILES string of the molecule is CCN1CCCC(Nc2ccc(NC(N)=O)cc2)CC1. The van der Waals surface area contributed by atoms with Crippen LogP contribution in [0.25, 0.3) is 0 Å². The van der Waals surface area contributed by atoms with E-state index < -0.39 is 6.03 Å². The Morgan fingerprint density at radius 3 is 2.60 bits per heavy atom. The summed E-state index contributed by atoms with van der Waals surface area (Å²) in [6.07, 6.45) is 3.62. The van der Waals surface area contributed by atoms with Crippen LogP contribution in [0, 0.1) is 0 Å². The Hall–Kier alpha value is -1.75. The molecule has 0 bridgehead atoms. The number of amides is 2. The van der Waals surface area contributed by atoms with Crippen molar-refractivity contribution in [1.29, 1.82) is 0 Å². The molecule has 1 unspecified atom stereocenters. The van der Waals surface area contributed by atoms with Crippen molar-refractivity contribution in [1.82, 2.24) is 4.90 Å². The summed E-state index contributed by atoms with van der Waals surface area (Å²) in [4.78, 5) is 13.3. The Kier molecular flexibility index (Phi) is 5.24. The van der Waals surface area contributed by atoms with Gasteiger partial charge in [-0.2, -0.15) is 0 Å². The van der Waals surface area contributed by atoms with Gasteiger partial charge in [-0.25, -0.2) is 4.79 Å². The van der Waals surface area contributed by atoms with Gasteiger partial charge >= 0.3 is 6.03 Å². The van der Waals surface area contributed by atoms with Crippen LogP contribution in [0.2, 0.25) is 0 Å². The summed E-state index contributed by atoms with van der Waals surface area (Å²) in [5, 5.41) is 6.14. The molecule has 4 N–H and O–H groups in total. The van der Waals surface area contributed by atoms with Gasteiger partial charge in [0.25, 0.3) is 0 Å². The largest absolute Gasteiger partial charge is 0.382 e. The van der Waals surface area contributed by atoms with Gasteiger partial charge in [-0.15, -0.1) is 0 Å². The van der Waals surface area contributed by atoms with Crippen LogP contribution >= 0.6 is 0 Å². The van der Waals surface area contributed by atoms with Gasteiger partial charge in [-0.05, 0) is 56.6 Å². The summed E-state index contributed by atoms with van der Waals surface area (Å²) >= 11 is 0. The Morgan fingerprint density at radius 1 is 1.25 bits per heavy atom. The number of hydrogen-bond acceptors (Lipinski definition) is 3. The van der Waals surface area contributed by atoms with Crippen molar-refractivity contribution in [2.45, 2.75) is 32.2 Å². The highest BCUT2D eigenvalue weighted by Crippen LogP contribution is 2.18. The molecule has 1 fully saturated rings. The highest BCUT2D eigenvalue weighted by Gasteiger charge is 2.15. The van der Waals surface area contributed by atoms with Crippen molar-refractivity contribution in [3.05, 3.63) is 24.3 Å². The molecule has 1 aromatic rings. The van der Waals surface area contributed by atoms with E-state index in [9.17, 15) is 4.79 Å². The number of carbonyl (C=O) groups is 1. The van der Waals surface area contributed by atoms with E-state index in [0.717, 1.165) is 24.5 Å². The van der Waals surface area contributed by atoms with E-state index in [0.29, 0.717) is 6.04 Å². The quantitative estimate of drug-likeness (QED) is 0.791.